The van der Waals surface area contributed by atoms with Crippen LogP contribution in [0.2, 0.25) is 0 Å². The van der Waals surface area contributed by atoms with E-state index in [0.717, 1.165) is 38.5 Å². The number of methoxy groups -OCH3 is 1. The van der Waals surface area contributed by atoms with Crippen molar-refractivity contribution < 1.29 is 47.2 Å². The van der Waals surface area contributed by atoms with E-state index in [1.807, 2.05) is 0 Å². The van der Waals surface area contributed by atoms with Gasteiger partial charge < -0.3 is 29.8 Å². The van der Waals surface area contributed by atoms with Gasteiger partial charge in [0.1, 0.15) is 5.54 Å². The molecule has 0 aliphatic heterocycles. The fourth-order valence-electron chi connectivity index (χ4n) is 8.92. The molecule has 11 heteroatoms. The molecule has 6 saturated carbocycles. The van der Waals surface area contributed by atoms with E-state index in [0.29, 0.717) is 23.3 Å². The molecule has 224 valence electrons. The first-order chi connectivity index (χ1) is 19.3. The zero-order valence-corrected chi connectivity index (χ0v) is 23.4. The molecule has 3 N–H and O–H groups in total. The number of carbonyl (C=O) groups excluding carboxylic acids is 2. The Morgan fingerprint density at radius 2 is 1.59 bits per heavy atom. The summed E-state index contributed by atoms with van der Waals surface area (Å²) in [5.74, 6) is -4.66. The van der Waals surface area contributed by atoms with Crippen LogP contribution in [0.25, 0.3) is 0 Å². The molecule has 0 spiro atoms. The van der Waals surface area contributed by atoms with Crippen molar-refractivity contribution in [2.45, 2.75) is 88.5 Å². The number of alkyl halides is 1. The Kier molecular flexibility index (Phi) is 6.65. The lowest BCUT2D eigenvalue weighted by Gasteiger charge is -2.55. The van der Waals surface area contributed by atoms with Crippen molar-refractivity contribution >= 4 is 17.9 Å². The van der Waals surface area contributed by atoms with Crippen LogP contribution in [-0.4, -0.2) is 53.7 Å². The lowest BCUT2D eigenvalue weighted by molar-refractivity contribution is -0.207. The van der Waals surface area contributed by atoms with E-state index in [-0.39, 0.29) is 12.2 Å². The summed E-state index contributed by atoms with van der Waals surface area (Å²) in [7, 11) is 1.32. The first kappa shape index (κ1) is 28.3. The van der Waals surface area contributed by atoms with Crippen LogP contribution < -0.4 is 10.5 Å². The maximum Gasteiger partial charge on any atom is 0.342 e. The number of esters is 2. The summed E-state index contributed by atoms with van der Waals surface area (Å²) < 4.78 is 51.6. The summed E-state index contributed by atoms with van der Waals surface area (Å²) in [6.07, 6.45) is 2.48. The monoisotopic (exact) mass is 577 g/mol. The van der Waals surface area contributed by atoms with Crippen molar-refractivity contribution in [3.63, 3.8) is 0 Å². The maximum atomic E-state index is 15.4. The highest BCUT2D eigenvalue weighted by Crippen LogP contribution is 2.67. The van der Waals surface area contributed by atoms with Crippen molar-refractivity contribution in [3.05, 3.63) is 29.6 Å². The van der Waals surface area contributed by atoms with Gasteiger partial charge >= 0.3 is 17.9 Å². The quantitative estimate of drug-likeness (QED) is 0.329. The predicted molar refractivity (Wildman–Crippen MR) is 138 cm³/mol. The molecule has 0 unspecified atom stereocenters. The molecule has 0 radical (unpaired) electrons. The van der Waals surface area contributed by atoms with Crippen molar-refractivity contribution in [2.75, 3.05) is 7.11 Å². The molecule has 7 atom stereocenters. The highest BCUT2D eigenvalue weighted by molar-refractivity contribution is 5.91. The van der Waals surface area contributed by atoms with Gasteiger partial charge in [-0.3, -0.25) is 4.79 Å². The second kappa shape index (κ2) is 9.62. The SMILES string of the molecule is COc1cc([C@@H](C)O[C@@H]2C[C@@H]3[C@H]([C@]2(N)C(=O)O[C@@H](C)OC(=O)C24CC5CC(CC(C5)C2)C4)[C@@]3(F)C(=O)O)ccc1F. The second-order valence-electron chi connectivity index (χ2n) is 13.1. The lowest BCUT2D eigenvalue weighted by Crippen LogP contribution is -2.61. The predicted octanol–water partition coefficient (Wildman–Crippen LogP) is 4.07. The number of nitrogens with two attached hydrogens (primary N) is 1. The number of hydrogen-bond acceptors (Lipinski definition) is 8. The van der Waals surface area contributed by atoms with Gasteiger partial charge in [-0.25, -0.2) is 18.4 Å². The first-order valence-corrected chi connectivity index (χ1v) is 14.4. The zero-order chi connectivity index (χ0) is 29.5. The summed E-state index contributed by atoms with van der Waals surface area (Å²) >= 11 is 0. The molecule has 0 saturated heterocycles. The van der Waals surface area contributed by atoms with E-state index in [1.54, 1.807) is 6.92 Å². The zero-order valence-electron chi connectivity index (χ0n) is 23.4. The summed E-state index contributed by atoms with van der Waals surface area (Å²) in [5, 5.41) is 9.57. The summed E-state index contributed by atoms with van der Waals surface area (Å²) in [5.41, 5.74) is 1.64. The fraction of sp³-hybridized carbons (Fsp3) is 0.700. The number of halogens is 2. The average molecular weight is 578 g/mol. The van der Waals surface area contributed by atoms with Gasteiger partial charge in [0.15, 0.2) is 11.6 Å². The molecule has 0 aromatic heterocycles. The molecule has 0 amide bonds. The second-order valence-corrected chi connectivity index (χ2v) is 13.1. The number of carbonyl (C=O) groups is 3. The third kappa shape index (κ3) is 4.33. The van der Waals surface area contributed by atoms with Gasteiger partial charge in [0.05, 0.1) is 24.7 Å². The Morgan fingerprint density at radius 3 is 2.15 bits per heavy atom. The Bertz CT molecular complexity index is 1240. The van der Waals surface area contributed by atoms with Crippen LogP contribution >= 0.6 is 0 Å². The Balaban J connectivity index is 1.17. The van der Waals surface area contributed by atoms with Crippen LogP contribution in [0.4, 0.5) is 8.78 Å². The van der Waals surface area contributed by atoms with Gasteiger partial charge in [0, 0.05) is 18.8 Å². The molecule has 41 heavy (non-hydrogen) atoms. The van der Waals surface area contributed by atoms with Crippen molar-refractivity contribution in [1.82, 2.24) is 0 Å². The number of benzene rings is 1. The van der Waals surface area contributed by atoms with Crippen LogP contribution in [0.1, 0.15) is 70.5 Å². The molecule has 4 bridgehead atoms. The van der Waals surface area contributed by atoms with Crippen LogP contribution in [0, 0.1) is 40.8 Å². The first-order valence-electron chi connectivity index (χ1n) is 14.4. The number of rotatable bonds is 9. The molecular formula is C30H37F2NO8. The number of hydrogen-bond donors (Lipinski definition) is 2. The van der Waals surface area contributed by atoms with E-state index < -0.39 is 70.7 Å². The molecule has 1 aromatic carbocycles. The number of carboxylic acids is 1. The normalized spacial score (nSPS) is 41.3. The molecule has 9 nitrogen and oxygen atoms in total. The number of ether oxygens (including phenoxy) is 4. The molecule has 6 aliphatic rings. The summed E-state index contributed by atoms with van der Waals surface area (Å²) in [6, 6.07) is 4.13. The van der Waals surface area contributed by atoms with Crippen LogP contribution in [0.15, 0.2) is 18.2 Å². The standard InChI is InChI=1S/C30H37F2NO8/c1-14(19-4-5-21(31)22(9-19)38-3)39-23-10-20-24(29(20,32)25(34)35)30(23,33)27(37)41-15(2)40-26(36)28-11-16-6-17(12-28)8-18(7-16)13-28/h4-5,9,14-18,20,23-24H,6-8,10-13,33H2,1-3H3,(H,34,35)/t14-,15+,16?,17?,18?,20-,23-,24+,28?,29-,30+/m1/s1. The van der Waals surface area contributed by atoms with E-state index in [9.17, 15) is 23.9 Å². The van der Waals surface area contributed by atoms with Gasteiger partial charge in [-0.2, -0.15) is 0 Å². The van der Waals surface area contributed by atoms with Gasteiger partial charge in [0.2, 0.25) is 12.0 Å². The molecule has 1 aromatic rings. The largest absolute Gasteiger partial charge is 0.494 e. The Labute approximate surface area is 237 Å². The van der Waals surface area contributed by atoms with E-state index >= 15 is 4.39 Å². The van der Waals surface area contributed by atoms with E-state index in [1.165, 1.54) is 32.2 Å². The van der Waals surface area contributed by atoms with Crippen LogP contribution in [0.3, 0.4) is 0 Å². The summed E-state index contributed by atoms with van der Waals surface area (Å²) in [4.78, 5) is 38.7. The third-order valence-corrected chi connectivity index (χ3v) is 10.5. The molecule has 0 heterocycles. The molecule has 7 rings (SSSR count). The van der Waals surface area contributed by atoms with Crippen LogP contribution in [-0.2, 0) is 28.6 Å². The Morgan fingerprint density at radius 1 is 1.00 bits per heavy atom. The van der Waals surface area contributed by atoms with E-state index in [2.05, 4.69) is 0 Å². The highest BCUT2D eigenvalue weighted by Gasteiger charge is 2.85. The van der Waals surface area contributed by atoms with Gasteiger partial charge in [-0.1, -0.05) is 6.07 Å². The summed E-state index contributed by atoms with van der Waals surface area (Å²) in [6.45, 7) is 3.06. The molecule has 6 aliphatic carbocycles. The third-order valence-electron chi connectivity index (χ3n) is 10.5. The van der Waals surface area contributed by atoms with E-state index in [4.69, 9.17) is 24.7 Å². The lowest BCUT2D eigenvalue weighted by atomic mass is 9.49. The van der Waals surface area contributed by atoms with Crippen molar-refractivity contribution in [2.24, 2.45) is 40.7 Å². The van der Waals surface area contributed by atoms with Gasteiger partial charge in [0.25, 0.3) is 0 Å². The average Bonchev–Trinajstić information content (AvgIpc) is 3.39. The minimum Gasteiger partial charge on any atom is -0.494 e. The molecule has 6 fully saturated rings. The minimum absolute atomic E-state index is 0.00560. The maximum absolute atomic E-state index is 15.4. The Hall–Kier alpha value is -2.79. The van der Waals surface area contributed by atoms with Crippen LogP contribution in [0.5, 0.6) is 5.75 Å². The minimum atomic E-state index is -2.70. The molecular weight excluding hydrogens is 540 g/mol. The van der Waals surface area contributed by atoms with Gasteiger partial charge in [-0.15, -0.1) is 0 Å². The highest BCUT2D eigenvalue weighted by atomic mass is 19.1. The van der Waals surface area contributed by atoms with Gasteiger partial charge in [-0.05, 0) is 87.3 Å². The smallest absolute Gasteiger partial charge is 0.342 e. The van der Waals surface area contributed by atoms with Crippen molar-refractivity contribution in [1.29, 1.82) is 0 Å². The number of carboxylic acid groups (broad SMARTS) is 1. The number of aliphatic carboxylic acids is 1. The fourth-order valence-corrected chi connectivity index (χ4v) is 8.92. The topological polar surface area (TPSA) is 134 Å². The number of fused-ring (bicyclic) bond motifs is 1. The van der Waals surface area contributed by atoms with Crippen molar-refractivity contribution in [3.8, 4) is 5.75 Å².